The van der Waals surface area contributed by atoms with Crippen molar-refractivity contribution in [3.05, 3.63) is 64.1 Å². The number of nitrogens with zero attached hydrogens (tertiary/aromatic N) is 1. The SMILES string of the molecule is O=C(Nc1ccc(Br)cc1F)[C@H]1CCCN(S(=O)(=O)Cc2ccc(F)cc2)C1. The number of piperidine rings is 1. The first kappa shape index (κ1) is 20.9. The quantitative estimate of drug-likeness (QED) is 0.717. The lowest BCUT2D eigenvalue weighted by Crippen LogP contribution is -2.44. The summed E-state index contributed by atoms with van der Waals surface area (Å²) >= 11 is 3.15. The van der Waals surface area contributed by atoms with Crippen molar-refractivity contribution in [3.8, 4) is 0 Å². The van der Waals surface area contributed by atoms with Crippen molar-refractivity contribution in [2.24, 2.45) is 5.92 Å². The van der Waals surface area contributed by atoms with E-state index in [4.69, 9.17) is 0 Å². The molecule has 2 aromatic carbocycles. The van der Waals surface area contributed by atoms with Crippen molar-refractivity contribution in [1.29, 1.82) is 0 Å². The van der Waals surface area contributed by atoms with Crippen molar-refractivity contribution < 1.29 is 22.0 Å². The van der Waals surface area contributed by atoms with E-state index in [2.05, 4.69) is 21.2 Å². The minimum absolute atomic E-state index is 0.0352. The third kappa shape index (κ3) is 5.15. The first-order valence-electron chi connectivity index (χ1n) is 8.73. The number of nitrogens with one attached hydrogen (secondary N) is 1. The maximum atomic E-state index is 13.9. The summed E-state index contributed by atoms with van der Waals surface area (Å²) in [6.45, 7) is 0.355. The molecule has 1 N–H and O–H groups in total. The van der Waals surface area contributed by atoms with E-state index < -0.39 is 33.5 Å². The van der Waals surface area contributed by atoms with Crippen molar-refractivity contribution in [2.75, 3.05) is 18.4 Å². The Hall–Kier alpha value is -1.84. The molecular formula is C19H19BrF2N2O3S. The van der Waals surface area contributed by atoms with Crippen LogP contribution in [0, 0.1) is 17.6 Å². The largest absolute Gasteiger partial charge is 0.323 e. The molecule has 0 saturated carbocycles. The maximum absolute atomic E-state index is 13.9. The summed E-state index contributed by atoms with van der Waals surface area (Å²) in [5, 5.41) is 2.54. The minimum Gasteiger partial charge on any atom is -0.323 e. The van der Waals surface area contributed by atoms with Gasteiger partial charge < -0.3 is 5.32 Å². The molecule has 1 saturated heterocycles. The van der Waals surface area contributed by atoms with E-state index in [-0.39, 0.29) is 18.0 Å². The molecule has 3 rings (SSSR count). The van der Waals surface area contributed by atoms with Gasteiger partial charge in [0.15, 0.2) is 0 Å². The lowest BCUT2D eigenvalue weighted by atomic mass is 9.98. The monoisotopic (exact) mass is 472 g/mol. The van der Waals surface area contributed by atoms with Gasteiger partial charge in [0, 0.05) is 17.6 Å². The van der Waals surface area contributed by atoms with Gasteiger partial charge in [0.25, 0.3) is 0 Å². The average Bonchev–Trinajstić information content (AvgIpc) is 2.66. The average molecular weight is 473 g/mol. The van der Waals surface area contributed by atoms with Crippen LogP contribution in [-0.4, -0.2) is 31.7 Å². The molecule has 5 nitrogen and oxygen atoms in total. The van der Waals surface area contributed by atoms with Crippen molar-refractivity contribution >= 4 is 37.5 Å². The van der Waals surface area contributed by atoms with Gasteiger partial charge in [-0.25, -0.2) is 21.5 Å². The molecule has 9 heteroatoms. The number of halogens is 3. The number of rotatable bonds is 5. The second-order valence-corrected chi connectivity index (χ2v) is 9.58. The molecule has 28 heavy (non-hydrogen) atoms. The molecule has 2 aromatic rings. The fraction of sp³-hybridized carbons (Fsp3) is 0.316. The normalized spacial score (nSPS) is 18.0. The predicted octanol–water partition coefficient (Wildman–Crippen LogP) is 3.91. The number of benzene rings is 2. The van der Waals surface area contributed by atoms with Crippen LogP contribution in [0.5, 0.6) is 0 Å². The molecule has 1 aliphatic heterocycles. The molecule has 0 spiro atoms. The van der Waals surface area contributed by atoms with Gasteiger partial charge in [-0.1, -0.05) is 28.1 Å². The van der Waals surface area contributed by atoms with Crippen LogP contribution < -0.4 is 5.32 Å². The molecule has 0 aliphatic carbocycles. The number of anilines is 1. The summed E-state index contributed by atoms with van der Waals surface area (Å²) in [6.07, 6.45) is 1.05. The summed E-state index contributed by atoms with van der Waals surface area (Å²) in [7, 11) is -3.65. The standard InChI is InChI=1S/C19H19BrF2N2O3S/c20-15-5-8-18(17(22)10-15)23-19(25)14-2-1-9-24(11-14)28(26,27)12-13-3-6-16(21)7-4-13/h3-8,10,14H,1-2,9,11-12H2,(H,23,25)/t14-/m0/s1. The highest BCUT2D eigenvalue weighted by Gasteiger charge is 2.32. The summed E-state index contributed by atoms with van der Waals surface area (Å²) in [5.41, 5.74) is 0.532. The number of carbonyl (C=O) groups excluding carboxylic acids is 1. The molecule has 0 unspecified atom stereocenters. The van der Waals surface area contributed by atoms with Crippen molar-refractivity contribution in [1.82, 2.24) is 4.31 Å². The molecule has 1 heterocycles. The third-order valence-electron chi connectivity index (χ3n) is 4.60. The third-order valence-corrected chi connectivity index (χ3v) is 6.91. The van der Waals surface area contributed by atoms with Gasteiger partial charge in [0.05, 0.1) is 17.4 Å². The highest BCUT2D eigenvalue weighted by atomic mass is 79.9. The molecule has 0 radical (unpaired) electrons. The fourth-order valence-electron chi connectivity index (χ4n) is 3.12. The van der Waals surface area contributed by atoms with Gasteiger partial charge in [-0.15, -0.1) is 0 Å². The van der Waals surface area contributed by atoms with E-state index in [0.29, 0.717) is 29.4 Å². The lowest BCUT2D eigenvalue weighted by molar-refractivity contribution is -0.120. The number of sulfonamides is 1. The summed E-state index contributed by atoms with van der Waals surface area (Å²) in [6, 6.07) is 9.58. The van der Waals surface area contributed by atoms with E-state index in [9.17, 15) is 22.0 Å². The van der Waals surface area contributed by atoms with E-state index in [1.54, 1.807) is 6.07 Å². The second kappa shape index (κ2) is 8.67. The Morgan fingerprint density at radius 3 is 2.57 bits per heavy atom. The van der Waals surface area contributed by atoms with Gasteiger partial charge >= 0.3 is 0 Å². The van der Waals surface area contributed by atoms with Gasteiger partial charge in [-0.2, -0.15) is 0 Å². The fourth-order valence-corrected chi connectivity index (χ4v) is 5.06. The first-order chi connectivity index (χ1) is 13.2. The smallest absolute Gasteiger partial charge is 0.228 e. The molecule has 1 aliphatic rings. The van der Waals surface area contributed by atoms with E-state index in [0.717, 1.165) is 0 Å². The van der Waals surface area contributed by atoms with Gasteiger partial charge in [-0.05, 0) is 48.7 Å². The Morgan fingerprint density at radius 2 is 1.89 bits per heavy atom. The van der Waals surface area contributed by atoms with Crippen LogP contribution in [0.25, 0.3) is 0 Å². The summed E-state index contributed by atoms with van der Waals surface area (Å²) in [5.74, 6) is -2.25. The topological polar surface area (TPSA) is 66.5 Å². The van der Waals surface area contributed by atoms with Gasteiger partial charge in [0.2, 0.25) is 15.9 Å². The van der Waals surface area contributed by atoms with Crippen LogP contribution >= 0.6 is 15.9 Å². The molecule has 150 valence electrons. The zero-order valence-corrected chi connectivity index (χ0v) is 17.3. The van der Waals surface area contributed by atoms with Crippen molar-refractivity contribution in [2.45, 2.75) is 18.6 Å². The molecule has 1 amide bonds. The Morgan fingerprint density at radius 1 is 1.18 bits per heavy atom. The summed E-state index contributed by atoms with van der Waals surface area (Å²) in [4.78, 5) is 12.5. The highest BCUT2D eigenvalue weighted by Crippen LogP contribution is 2.25. The summed E-state index contributed by atoms with van der Waals surface area (Å²) < 4.78 is 54.2. The second-order valence-electron chi connectivity index (χ2n) is 6.69. The Bertz CT molecular complexity index is 968. The van der Waals surface area contributed by atoms with Gasteiger partial charge in [0.1, 0.15) is 11.6 Å². The van der Waals surface area contributed by atoms with Gasteiger partial charge in [-0.3, -0.25) is 4.79 Å². The van der Waals surface area contributed by atoms with E-state index in [1.165, 1.54) is 40.7 Å². The maximum Gasteiger partial charge on any atom is 0.228 e. The first-order valence-corrected chi connectivity index (χ1v) is 11.1. The molecule has 0 bridgehead atoms. The van der Waals surface area contributed by atoms with Crippen LogP contribution in [-0.2, 0) is 20.6 Å². The number of hydrogen-bond acceptors (Lipinski definition) is 3. The zero-order chi connectivity index (χ0) is 20.3. The number of carbonyl (C=O) groups is 1. The van der Waals surface area contributed by atoms with Crippen LogP contribution in [0.15, 0.2) is 46.9 Å². The molecule has 0 aromatic heterocycles. The minimum atomic E-state index is -3.65. The molecule has 1 fully saturated rings. The van der Waals surface area contributed by atoms with E-state index >= 15 is 0 Å². The van der Waals surface area contributed by atoms with Crippen LogP contribution in [0.4, 0.5) is 14.5 Å². The lowest BCUT2D eigenvalue weighted by Gasteiger charge is -2.31. The van der Waals surface area contributed by atoms with E-state index in [1.807, 2.05) is 0 Å². The van der Waals surface area contributed by atoms with Crippen molar-refractivity contribution in [3.63, 3.8) is 0 Å². The number of amides is 1. The molecule has 1 atom stereocenters. The van der Waals surface area contributed by atoms with Crippen LogP contribution in [0.1, 0.15) is 18.4 Å². The predicted molar refractivity (Wildman–Crippen MR) is 106 cm³/mol. The Labute approximate surface area is 170 Å². The zero-order valence-electron chi connectivity index (χ0n) is 14.9. The number of hydrogen-bond donors (Lipinski definition) is 1. The highest BCUT2D eigenvalue weighted by molar-refractivity contribution is 9.10. The van der Waals surface area contributed by atoms with Crippen LogP contribution in [0.3, 0.4) is 0 Å². The molecular weight excluding hydrogens is 454 g/mol. The van der Waals surface area contributed by atoms with Crippen LogP contribution in [0.2, 0.25) is 0 Å². The Balaban J connectivity index is 1.67. The Kier molecular flexibility index (Phi) is 6.47.